The van der Waals surface area contributed by atoms with Gasteiger partial charge in [-0.3, -0.25) is 9.59 Å². The first-order valence-electron chi connectivity index (χ1n) is 6.82. The quantitative estimate of drug-likeness (QED) is 0.651. The molecule has 23 heavy (non-hydrogen) atoms. The van der Waals surface area contributed by atoms with E-state index in [1.165, 1.54) is 11.8 Å². The van der Waals surface area contributed by atoms with Crippen molar-refractivity contribution in [3.8, 4) is 0 Å². The molecule has 0 saturated carbocycles. The van der Waals surface area contributed by atoms with Gasteiger partial charge in [0.15, 0.2) is 5.16 Å². The third kappa shape index (κ3) is 2.75. The predicted molar refractivity (Wildman–Crippen MR) is 92.8 cm³/mol. The minimum Gasteiger partial charge on any atom is -0.312 e. The first-order valence-corrected chi connectivity index (χ1v) is 8.80. The highest BCUT2D eigenvalue weighted by Crippen LogP contribution is 2.41. The molecule has 1 aromatic heterocycles. The lowest BCUT2D eigenvalue weighted by Crippen LogP contribution is -2.33. The number of benzene rings is 1. The topological polar surface area (TPSA) is 64.0 Å². The molecule has 2 aromatic rings. The van der Waals surface area contributed by atoms with Crippen molar-refractivity contribution in [3.05, 3.63) is 49.7 Å². The maximum Gasteiger partial charge on any atom is 0.279 e. The van der Waals surface area contributed by atoms with Crippen LogP contribution in [0.4, 0.5) is 5.82 Å². The molecule has 5 nitrogen and oxygen atoms in total. The molecule has 0 bridgehead atoms. The summed E-state index contributed by atoms with van der Waals surface area (Å²) in [5, 5.41) is 4.15. The van der Waals surface area contributed by atoms with E-state index in [1.807, 2.05) is 6.26 Å². The smallest absolute Gasteiger partial charge is 0.279 e. The van der Waals surface area contributed by atoms with Crippen LogP contribution in [-0.4, -0.2) is 21.7 Å². The van der Waals surface area contributed by atoms with Crippen LogP contribution in [0.2, 0.25) is 10.0 Å². The SMILES string of the molecule is CSc1nc(=O)c2c(n1C)NC(=O)CC2c1c(Cl)cccc1Cl. The van der Waals surface area contributed by atoms with Gasteiger partial charge in [-0.15, -0.1) is 0 Å². The van der Waals surface area contributed by atoms with Gasteiger partial charge in [-0.1, -0.05) is 41.0 Å². The lowest BCUT2D eigenvalue weighted by Gasteiger charge is -2.28. The molecule has 0 radical (unpaired) electrons. The molecule has 0 spiro atoms. The number of amides is 1. The van der Waals surface area contributed by atoms with E-state index in [1.54, 1.807) is 29.8 Å². The normalized spacial score (nSPS) is 16.9. The van der Waals surface area contributed by atoms with Crippen LogP contribution in [0.3, 0.4) is 0 Å². The zero-order valence-corrected chi connectivity index (χ0v) is 14.7. The summed E-state index contributed by atoms with van der Waals surface area (Å²) >= 11 is 13.9. The molecular formula is C15H13Cl2N3O2S. The van der Waals surface area contributed by atoms with Crippen molar-refractivity contribution < 1.29 is 4.79 Å². The van der Waals surface area contributed by atoms with E-state index in [-0.39, 0.29) is 17.9 Å². The number of nitrogens with zero attached hydrogens (tertiary/aromatic N) is 2. The summed E-state index contributed by atoms with van der Waals surface area (Å²) in [6.45, 7) is 0. The molecule has 1 amide bonds. The highest BCUT2D eigenvalue weighted by molar-refractivity contribution is 7.98. The Bertz CT molecular complexity index is 846. The number of hydrogen-bond acceptors (Lipinski definition) is 4. The first kappa shape index (κ1) is 16.4. The summed E-state index contributed by atoms with van der Waals surface area (Å²) in [6.07, 6.45) is 1.92. The Morgan fingerprint density at radius 1 is 1.26 bits per heavy atom. The molecule has 2 heterocycles. The third-order valence-corrected chi connectivity index (χ3v) is 5.22. The number of anilines is 1. The van der Waals surface area contributed by atoms with Crippen molar-refractivity contribution in [1.82, 2.24) is 9.55 Å². The number of aromatic nitrogens is 2. The fourth-order valence-corrected chi connectivity index (χ4v) is 4.01. The van der Waals surface area contributed by atoms with E-state index in [4.69, 9.17) is 23.2 Å². The monoisotopic (exact) mass is 369 g/mol. The van der Waals surface area contributed by atoms with Gasteiger partial charge < -0.3 is 9.88 Å². The Morgan fingerprint density at radius 3 is 2.52 bits per heavy atom. The molecule has 1 aromatic carbocycles. The fourth-order valence-electron chi connectivity index (χ4n) is 2.81. The molecule has 1 aliphatic rings. The van der Waals surface area contributed by atoms with E-state index >= 15 is 0 Å². The molecule has 1 N–H and O–H groups in total. The highest BCUT2D eigenvalue weighted by atomic mass is 35.5. The molecule has 8 heteroatoms. The van der Waals surface area contributed by atoms with E-state index < -0.39 is 5.92 Å². The average Bonchev–Trinajstić information content (AvgIpc) is 2.50. The van der Waals surface area contributed by atoms with Crippen LogP contribution in [0.25, 0.3) is 0 Å². The average molecular weight is 370 g/mol. The van der Waals surface area contributed by atoms with Gasteiger partial charge in [-0.25, -0.2) is 0 Å². The first-order chi connectivity index (χ1) is 10.9. The molecule has 1 atom stereocenters. The van der Waals surface area contributed by atoms with Crippen LogP contribution >= 0.6 is 35.0 Å². The molecule has 0 aliphatic carbocycles. The zero-order chi connectivity index (χ0) is 16.7. The summed E-state index contributed by atoms with van der Waals surface area (Å²) in [7, 11) is 1.76. The molecule has 1 aliphatic heterocycles. The van der Waals surface area contributed by atoms with Crippen LogP contribution in [-0.2, 0) is 11.8 Å². The van der Waals surface area contributed by atoms with Crippen molar-refractivity contribution in [2.24, 2.45) is 7.05 Å². The molecular weight excluding hydrogens is 357 g/mol. The van der Waals surface area contributed by atoms with Crippen LogP contribution in [0.15, 0.2) is 28.2 Å². The van der Waals surface area contributed by atoms with Gasteiger partial charge in [-0.2, -0.15) is 4.98 Å². The summed E-state index contributed by atoms with van der Waals surface area (Å²) in [6, 6.07) is 5.12. The minimum absolute atomic E-state index is 0.103. The maximum atomic E-state index is 12.5. The van der Waals surface area contributed by atoms with Gasteiger partial charge in [0.2, 0.25) is 5.91 Å². The van der Waals surface area contributed by atoms with Gasteiger partial charge in [0.25, 0.3) is 5.56 Å². The Morgan fingerprint density at radius 2 is 1.91 bits per heavy atom. The Balaban J connectivity index is 2.30. The lowest BCUT2D eigenvalue weighted by molar-refractivity contribution is -0.116. The Labute approximate surface area is 147 Å². The molecule has 3 rings (SSSR count). The van der Waals surface area contributed by atoms with Crippen LogP contribution in [0, 0.1) is 0 Å². The third-order valence-electron chi connectivity index (χ3n) is 3.83. The number of carbonyl (C=O) groups is 1. The van der Waals surface area contributed by atoms with Crippen molar-refractivity contribution in [3.63, 3.8) is 0 Å². The van der Waals surface area contributed by atoms with E-state index in [2.05, 4.69) is 10.3 Å². The highest BCUT2D eigenvalue weighted by Gasteiger charge is 2.34. The van der Waals surface area contributed by atoms with Crippen LogP contribution in [0.5, 0.6) is 0 Å². The van der Waals surface area contributed by atoms with Gasteiger partial charge >= 0.3 is 0 Å². The number of halogens is 2. The molecule has 0 fully saturated rings. The van der Waals surface area contributed by atoms with Crippen molar-refractivity contribution in [2.45, 2.75) is 17.5 Å². The predicted octanol–water partition coefficient (Wildman–Crippen LogP) is 3.28. The number of fused-ring (bicyclic) bond motifs is 1. The Kier molecular flexibility index (Phi) is 4.40. The second-order valence-electron chi connectivity index (χ2n) is 5.17. The van der Waals surface area contributed by atoms with Gasteiger partial charge in [0, 0.05) is 29.4 Å². The molecule has 0 saturated heterocycles. The summed E-state index contributed by atoms with van der Waals surface area (Å²) in [5.41, 5.74) is 0.631. The van der Waals surface area contributed by atoms with E-state index in [0.29, 0.717) is 32.1 Å². The summed E-state index contributed by atoms with van der Waals surface area (Å²) in [4.78, 5) is 28.8. The second-order valence-corrected chi connectivity index (χ2v) is 6.75. The summed E-state index contributed by atoms with van der Waals surface area (Å²) < 4.78 is 1.70. The number of thioether (sulfide) groups is 1. The fraction of sp³-hybridized carbons (Fsp3) is 0.267. The molecule has 1 unspecified atom stereocenters. The van der Waals surface area contributed by atoms with E-state index in [9.17, 15) is 9.59 Å². The van der Waals surface area contributed by atoms with Crippen molar-refractivity contribution in [2.75, 3.05) is 11.6 Å². The number of nitrogens with one attached hydrogen (secondary N) is 1. The lowest BCUT2D eigenvalue weighted by atomic mass is 9.86. The van der Waals surface area contributed by atoms with Crippen molar-refractivity contribution in [1.29, 1.82) is 0 Å². The molecule has 120 valence electrons. The standard InChI is InChI=1S/C15H13Cl2N3O2S/c1-20-13-12(14(22)19-15(20)23-2)7(6-10(21)18-13)11-8(16)4-3-5-9(11)17/h3-5,7H,6H2,1-2H3,(H,18,21). The van der Waals surface area contributed by atoms with Crippen LogP contribution in [0.1, 0.15) is 23.5 Å². The largest absolute Gasteiger partial charge is 0.312 e. The van der Waals surface area contributed by atoms with Crippen molar-refractivity contribution >= 4 is 46.7 Å². The number of carbonyl (C=O) groups excluding carboxylic acids is 1. The van der Waals surface area contributed by atoms with Crippen LogP contribution < -0.4 is 10.9 Å². The summed E-state index contributed by atoms with van der Waals surface area (Å²) in [5.74, 6) is -0.250. The Hall–Kier alpha value is -1.50. The zero-order valence-electron chi connectivity index (χ0n) is 12.4. The number of hydrogen-bond donors (Lipinski definition) is 1. The number of rotatable bonds is 2. The van der Waals surface area contributed by atoms with Gasteiger partial charge in [0.05, 0.1) is 5.56 Å². The van der Waals surface area contributed by atoms with E-state index in [0.717, 1.165) is 0 Å². The second kappa shape index (κ2) is 6.19. The minimum atomic E-state index is -0.512. The van der Waals surface area contributed by atoms with Gasteiger partial charge in [0.1, 0.15) is 5.82 Å². The van der Waals surface area contributed by atoms with Gasteiger partial charge in [-0.05, 0) is 24.0 Å². The maximum absolute atomic E-state index is 12.5.